The molecule has 2 aromatic rings. The van der Waals surface area contributed by atoms with Gasteiger partial charge in [0.1, 0.15) is 0 Å². The van der Waals surface area contributed by atoms with Crippen molar-refractivity contribution in [3.05, 3.63) is 35.5 Å². The Morgan fingerprint density at radius 3 is 2.87 bits per heavy atom. The zero-order chi connectivity index (χ0) is 10.4. The monoisotopic (exact) mass is 201 g/mol. The van der Waals surface area contributed by atoms with E-state index in [1.54, 1.807) is 0 Å². The summed E-state index contributed by atoms with van der Waals surface area (Å²) in [6, 6.07) is 8.59. The molecular formula is C12H15N3. The van der Waals surface area contributed by atoms with Crippen LogP contribution < -0.4 is 11.5 Å². The molecule has 1 aliphatic carbocycles. The lowest BCUT2D eigenvalue weighted by atomic mass is 9.89. The fourth-order valence-corrected chi connectivity index (χ4v) is 2.55. The van der Waals surface area contributed by atoms with Crippen LogP contribution in [-0.4, -0.2) is 11.0 Å². The molecule has 3 nitrogen and oxygen atoms in total. The number of para-hydroxylation sites is 1. The van der Waals surface area contributed by atoms with Gasteiger partial charge in [-0.2, -0.15) is 0 Å². The number of benzene rings is 1. The molecular weight excluding hydrogens is 186 g/mol. The van der Waals surface area contributed by atoms with Crippen LogP contribution in [0.4, 0.5) is 0 Å². The molecule has 1 aromatic carbocycles. The zero-order valence-corrected chi connectivity index (χ0v) is 8.53. The molecule has 1 aliphatic rings. The highest BCUT2D eigenvalue weighted by Crippen LogP contribution is 2.32. The van der Waals surface area contributed by atoms with Crippen molar-refractivity contribution in [2.75, 3.05) is 0 Å². The molecule has 0 bridgehead atoms. The van der Waals surface area contributed by atoms with Crippen molar-refractivity contribution in [3.63, 3.8) is 0 Å². The van der Waals surface area contributed by atoms with Gasteiger partial charge in [0, 0.05) is 28.7 Å². The maximum Gasteiger partial charge on any atom is 0.0465 e. The van der Waals surface area contributed by atoms with Gasteiger partial charge in [0.2, 0.25) is 0 Å². The number of fused-ring (bicyclic) bond motifs is 3. The summed E-state index contributed by atoms with van der Waals surface area (Å²) in [5, 5.41) is 1.28. The molecule has 15 heavy (non-hydrogen) atoms. The van der Waals surface area contributed by atoms with Crippen molar-refractivity contribution < 1.29 is 0 Å². The van der Waals surface area contributed by atoms with Gasteiger partial charge in [0.15, 0.2) is 0 Å². The summed E-state index contributed by atoms with van der Waals surface area (Å²) < 4.78 is 0. The first kappa shape index (κ1) is 8.95. The van der Waals surface area contributed by atoms with E-state index in [9.17, 15) is 0 Å². The quantitative estimate of drug-likeness (QED) is 0.603. The van der Waals surface area contributed by atoms with Crippen molar-refractivity contribution in [2.24, 2.45) is 11.5 Å². The summed E-state index contributed by atoms with van der Waals surface area (Å²) in [6.07, 6.45) is 1.81. The summed E-state index contributed by atoms with van der Waals surface area (Å²) >= 11 is 0. The highest BCUT2D eigenvalue weighted by Gasteiger charge is 2.25. The number of hydrogen-bond acceptors (Lipinski definition) is 2. The molecule has 0 amide bonds. The van der Waals surface area contributed by atoms with E-state index in [1.807, 2.05) is 6.07 Å². The maximum absolute atomic E-state index is 6.09. The fourth-order valence-electron chi connectivity index (χ4n) is 2.55. The summed E-state index contributed by atoms with van der Waals surface area (Å²) in [7, 11) is 0. The van der Waals surface area contributed by atoms with Gasteiger partial charge in [0.25, 0.3) is 0 Å². The van der Waals surface area contributed by atoms with Gasteiger partial charge in [-0.25, -0.2) is 0 Å². The third-order valence-electron chi connectivity index (χ3n) is 3.24. The van der Waals surface area contributed by atoms with E-state index in [-0.39, 0.29) is 12.1 Å². The Kier molecular flexibility index (Phi) is 1.84. The maximum atomic E-state index is 6.09. The number of rotatable bonds is 0. The molecule has 2 atom stereocenters. The van der Waals surface area contributed by atoms with Crippen LogP contribution in [-0.2, 0) is 6.42 Å². The van der Waals surface area contributed by atoms with Gasteiger partial charge in [-0.05, 0) is 24.5 Å². The number of H-pyrrole nitrogens is 1. The van der Waals surface area contributed by atoms with Crippen molar-refractivity contribution in [1.82, 2.24) is 4.98 Å². The molecule has 0 saturated heterocycles. The zero-order valence-electron chi connectivity index (χ0n) is 8.53. The molecule has 0 spiro atoms. The first-order chi connectivity index (χ1) is 7.25. The Morgan fingerprint density at radius 2 is 2.00 bits per heavy atom. The predicted octanol–water partition coefficient (Wildman–Crippen LogP) is 1.44. The average molecular weight is 201 g/mol. The average Bonchev–Trinajstić information content (AvgIpc) is 2.57. The summed E-state index contributed by atoms with van der Waals surface area (Å²) in [5.41, 5.74) is 15.8. The van der Waals surface area contributed by atoms with Crippen LogP contribution in [0, 0.1) is 0 Å². The Morgan fingerprint density at radius 1 is 1.20 bits per heavy atom. The first-order valence-electron chi connectivity index (χ1n) is 5.36. The molecule has 0 saturated carbocycles. The third-order valence-corrected chi connectivity index (χ3v) is 3.24. The largest absolute Gasteiger partial charge is 0.357 e. The Hall–Kier alpha value is -1.32. The smallest absolute Gasteiger partial charge is 0.0465 e. The standard InChI is InChI=1S/C12H15N3/c13-7-5-9-8-3-1-2-4-11(8)15-12(9)10(14)6-7/h1-4,7,10,15H,5-6,13-14H2. The number of aromatic amines is 1. The van der Waals surface area contributed by atoms with Gasteiger partial charge in [-0.1, -0.05) is 18.2 Å². The van der Waals surface area contributed by atoms with Gasteiger partial charge >= 0.3 is 0 Å². The summed E-state index contributed by atoms with van der Waals surface area (Å²) in [4.78, 5) is 3.41. The Labute approximate surface area is 88.5 Å². The molecule has 0 radical (unpaired) electrons. The van der Waals surface area contributed by atoms with Crippen LogP contribution >= 0.6 is 0 Å². The van der Waals surface area contributed by atoms with E-state index in [0.29, 0.717) is 0 Å². The number of nitrogens with two attached hydrogens (primary N) is 2. The Balaban J connectivity index is 2.27. The number of hydrogen-bond donors (Lipinski definition) is 3. The van der Waals surface area contributed by atoms with E-state index < -0.39 is 0 Å². The van der Waals surface area contributed by atoms with Gasteiger partial charge in [-0.15, -0.1) is 0 Å². The lowest BCUT2D eigenvalue weighted by Gasteiger charge is -2.24. The molecule has 78 valence electrons. The van der Waals surface area contributed by atoms with Gasteiger partial charge in [-0.3, -0.25) is 0 Å². The van der Waals surface area contributed by atoms with Crippen molar-refractivity contribution in [2.45, 2.75) is 24.9 Å². The molecule has 5 N–H and O–H groups in total. The Bertz CT molecular complexity index is 501. The van der Waals surface area contributed by atoms with Crippen LogP contribution in [0.2, 0.25) is 0 Å². The van der Waals surface area contributed by atoms with Crippen molar-refractivity contribution in [1.29, 1.82) is 0 Å². The van der Waals surface area contributed by atoms with E-state index in [4.69, 9.17) is 11.5 Å². The third kappa shape index (κ3) is 1.28. The van der Waals surface area contributed by atoms with Gasteiger partial charge in [0.05, 0.1) is 0 Å². The van der Waals surface area contributed by atoms with E-state index in [1.165, 1.54) is 22.2 Å². The van der Waals surface area contributed by atoms with Crippen LogP contribution in [0.25, 0.3) is 10.9 Å². The fraction of sp³-hybridized carbons (Fsp3) is 0.333. The highest BCUT2D eigenvalue weighted by molar-refractivity contribution is 5.85. The molecule has 3 rings (SSSR count). The van der Waals surface area contributed by atoms with Crippen LogP contribution in [0.1, 0.15) is 23.7 Å². The molecule has 2 unspecified atom stereocenters. The molecule has 1 heterocycles. The highest BCUT2D eigenvalue weighted by atomic mass is 14.8. The van der Waals surface area contributed by atoms with Crippen LogP contribution in [0.3, 0.4) is 0 Å². The molecule has 0 aliphatic heterocycles. The SMILES string of the molecule is NC1Cc2c([nH]c3ccccc23)C(N)C1. The minimum absolute atomic E-state index is 0.0659. The summed E-state index contributed by atoms with van der Waals surface area (Å²) in [6.45, 7) is 0. The summed E-state index contributed by atoms with van der Waals surface area (Å²) in [5.74, 6) is 0. The molecule has 0 fully saturated rings. The second kappa shape index (κ2) is 3.08. The van der Waals surface area contributed by atoms with E-state index in [2.05, 4.69) is 23.2 Å². The minimum atomic E-state index is 0.0659. The predicted molar refractivity (Wildman–Crippen MR) is 61.5 cm³/mol. The lowest BCUT2D eigenvalue weighted by Crippen LogP contribution is -2.33. The lowest BCUT2D eigenvalue weighted by molar-refractivity contribution is 0.494. The van der Waals surface area contributed by atoms with Crippen molar-refractivity contribution in [3.8, 4) is 0 Å². The van der Waals surface area contributed by atoms with E-state index >= 15 is 0 Å². The van der Waals surface area contributed by atoms with Crippen molar-refractivity contribution >= 4 is 10.9 Å². The first-order valence-corrected chi connectivity index (χ1v) is 5.36. The molecule has 3 heteroatoms. The molecule has 1 aromatic heterocycles. The normalized spacial score (nSPS) is 25.5. The topological polar surface area (TPSA) is 67.8 Å². The number of aromatic nitrogens is 1. The van der Waals surface area contributed by atoms with Crippen LogP contribution in [0.15, 0.2) is 24.3 Å². The van der Waals surface area contributed by atoms with Crippen LogP contribution in [0.5, 0.6) is 0 Å². The van der Waals surface area contributed by atoms with E-state index in [0.717, 1.165) is 12.8 Å². The number of nitrogens with one attached hydrogen (secondary N) is 1. The second-order valence-corrected chi connectivity index (χ2v) is 4.37. The minimum Gasteiger partial charge on any atom is -0.357 e. The van der Waals surface area contributed by atoms with Gasteiger partial charge < -0.3 is 16.5 Å². The second-order valence-electron chi connectivity index (χ2n) is 4.37.